The van der Waals surface area contributed by atoms with E-state index in [0.717, 1.165) is 40.3 Å². The van der Waals surface area contributed by atoms with E-state index in [0.29, 0.717) is 0 Å². The van der Waals surface area contributed by atoms with Gasteiger partial charge in [-0.1, -0.05) is 0 Å². The normalized spacial score (nSPS) is 13.5. The molecule has 1 unspecified atom stereocenters. The molecule has 2 N–H and O–H groups in total. The van der Waals surface area contributed by atoms with Crippen molar-refractivity contribution >= 4 is 21.9 Å². The second-order valence-electron chi connectivity index (χ2n) is 4.95. The Labute approximate surface area is 106 Å². The molecular weight excluding hydrogens is 226 g/mol. The summed E-state index contributed by atoms with van der Waals surface area (Å²) in [4.78, 5) is 0. The standard InChI is InChI=1S/C15H17NO2/c1-9(16)3-4-12-13-6-8-17-14(13)10(2)11-5-7-18-15(11)12/h5-9H,3-4,16H2,1-2H3. The molecule has 2 aromatic heterocycles. The number of hydrogen-bond acceptors (Lipinski definition) is 3. The topological polar surface area (TPSA) is 52.3 Å². The molecule has 94 valence electrons. The highest BCUT2D eigenvalue weighted by Crippen LogP contribution is 2.34. The van der Waals surface area contributed by atoms with Crippen molar-refractivity contribution in [1.82, 2.24) is 0 Å². The van der Waals surface area contributed by atoms with Crippen molar-refractivity contribution in [3.63, 3.8) is 0 Å². The zero-order valence-corrected chi connectivity index (χ0v) is 10.7. The van der Waals surface area contributed by atoms with Gasteiger partial charge in [0.1, 0.15) is 11.2 Å². The molecule has 0 saturated carbocycles. The number of rotatable bonds is 3. The Morgan fingerprint density at radius 3 is 2.50 bits per heavy atom. The zero-order chi connectivity index (χ0) is 12.7. The number of furan rings is 2. The first-order valence-corrected chi connectivity index (χ1v) is 6.30. The van der Waals surface area contributed by atoms with E-state index in [-0.39, 0.29) is 6.04 Å². The molecule has 0 bridgehead atoms. The maximum absolute atomic E-state index is 5.85. The van der Waals surface area contributed by atoms with Crippen molar-refractivity contribution in [2.75, 3.05) is 0 Å². The van der Waals surface area contributed by atoms with Crippen LogP contribution in [0.2, 0.25) is 0 Å². The van der Waals surface area contributed by atoms with Gasteiger partial charge in [-0.15, -0.1) is 0 Å². The van der Waals surface area contributed by atoms with E-state index >= 15 is 0 Å². The van der Waals surface area contributed by atoms with Gasteiger partial charge in [-0.2, -0.15) is 0 Å². The number of hydrogen-bond donors (Lipinski definition) is 1. The average Bonchev–Trinajstić information content (AvgIpc) is 2.95. The average molecular weight is 243 g/mol. The molecule has 18 heavy (non-hydrogen) atoms. The van der Waals surface area contributed by atoms with Crippen molar-refractivity contribution in [1.29, 1.82) is 0 Å². The van der Waals surface area contributed by atoms with Gasteiger partial charge >= 0.3 is 0 Å². The zero-order valence-electron chi connectivity index (χ0n) is 10.7. The van der Waals surface area contributed by atoms with Crippen LogP contribution in [0.5, 0.6) is 0 Å². The Morgan fingerprint density at radius 2 is 1.78 bits per heavy atom. The van der Waals surface area contributed by atoms with Gasteiger partial charge in [0.05, 0.1) is 12.5 Å². The molecule has 3 heteroatoms. The van der Waals surface area contributed by atoms with Gasteiger partial charge in [0.2, 0.25) is 0 Å². The summed E-state index contributed by atoms with van der Waals surface area (Å²) in [5.74, 6) is 0. The molecule has 2 heterocycles. The van der Waals surface area contributed by atoms with E-state index in [1.807, 2.05) is 19.1 Å². The number of benzene rings is 1. The van der Waals surface area contributed by atoms with Crippen LogP contribution in [0, 0.1) is 6.92 Å². The van der Waals surface area contributed by atoms with Gasteiger partial charge in [-0.05, 0) is 38.8 Å². The first-order valence-electron chi connectivity index (χ1n) is 6.30. The van der Waals surface area contributed by atoms with Crippen LogP contribution in [0.15, 0.2) is 33.5 Å². The monoisotopic (exact) mass is 243 g/mol. The Balaban J connectivity index is 2.26. The molecule has 0 fully saturated rings. The van der Waals surface area contributed by atoms with Crippen molar-refractivity contribution in [2.24, 2.45) is 5.73 Å². The third kappa shape index (κ3) is 1.63. The first kappa shape index (κ1) is 11.4. The van der Waals surface area contributed by atoms with Crippen LogP contribution in [0.4, 0.5) is 0 Å². The van der Waals surface area contributed by atoms with Gasteiger partial charge < -0.3 is 14.6 Å². The third-order valence-corrected chi connectivity index (χ3v) is 3.52. The lowest BCUT2D eigenvalue weighted by molar-refractivity contribution is 0.602. The molecule has 0 amide bonds. The molecule has 0 saturated heterocycles. The van der Waals surface area contributed by atoms with Gasteiger partial charge in [0.15, 0.2) is 0 Å². The van der Waals surface area contributed by atoms with E-state index in [1.54, 1.807) is 12.5 Å². The predicted molar refractivity (Wildman–Crippen MR) is 72.7 cm³/mol. The molecule has 3 aromatic rings. The van der Waals surface area contributed by atoms with E-state index in [9.17, 15) is 0 Å². The predicted octanol–water partition coefficient (Wildman–Crippen LogP) is 3.77. The molecule has 1 aromatic carbocycles. The van der Waals surface area contributed by atoms with Gasteiger partial charge in [0.25, 0.3) is 0 Å². The summed E-state index contributed by atoms with van der Waals surface area (Å²) in [5, 5.41) is 2.28. The summed E-state index contributed by atoms with van der Waals surface area (Å²) in [6.45, 7) is 4.10. The summed E-state index contributed by atoms with van der Waals surface area (Å²) in [6, 6.07) is 4.21. The molecule has 0 aliphatic rings. The Bertz CT molecular complexity index is 639. The van der Waals surface area contributed by atoms with Crippen LogP contribution in [0.25, 0.3) is 21.9 Å². The number of nitrogens with two attached hydrogens (primary N) is 1. The lowest BCUT2D eigenvalue weighted by Gasteiger charge is -2.08. The molecule has 0 aliphatic heterocycles. The van der Waals surface area contributed by atoms with Gasteiger partial charge in [-0.3, -0.25) is 0 Å². The quantitative estimate of drug-likeness (QED) is 0.761. The molecular formula is C15H17NO2. The third-order valence-electron chi connectivity index (χ3n) is 3.52. The van der Waals surface area contributed by atoms with E-state index in [2.05, 4.69) is 6.92 Å². The van der Waals surface area contributed by atoms with E-state index in [4.69, 9.17) is 14.6 Å². The second-order valence-corrected chi connectivity index (χ2v) is 4.95. The lowest BCUT2D eigenvalue weighted by Crippen LogP contribution is -2.15. The highest BCUT2D eigenvalue weighted by molar-refractivity contribution is 6.01. The second kappa shape index (κ2) is 4.18. The smallest absolute Gasteiger partial charge is 0.138 e. The summed E-state index contributed by atoms with van der Waals surface area (Å²) in [7, 11) is 0. The Kier molecular flexibility index (Phi) is 2.63. The minimum absolute atomic E-state index is 0.193. The van der Waals surface area contributed by atoms with Crippen molar-refractivity contribution in [2.45, 2.75) is 32.7 Å². The fourth-order valence-electron chi connectivity index (χ4n) is 2.54. The van der Waals surface area contributed by atoms with Crippen LogP contribution in [-0.2, 0) is 6.42 Å². The summed E-state index contributed by atoms with van der Waals surface area (Å²) < 4.78 is 11.3. The Hall–Kier alpha value is -1.74. The largest absolute Gasteiger partial charge is 0.464 e. The summed E-state index contributed by atoms with van der Waals surface area (Å²) in [5.41, 5.74) is 10.1. The fraction of sp³-hybridized carbons (Fsp3) is 0.333. The summed E-state index contributed by atoms with van der Waals surface area (Å²) >= 11 is 0. The van der Waals surface area contributed by atoms with Crippen LogP contribution in [-0.4, -0.2) is 6.04 Å². The molecule has 0 aliphatic carbocycles. The SMILES string of the molecule is Cc1c2ccoc2c(CCC(C)N)c2ccoc12. The van der Waals surface area contributed by atoms with Crippen LogP contribution in [0.1, 0.15) is 24.5 Å². The highest BCUT2D eigenvalue weighted by Gasteiger charge is 2.16. The van der Waals surface area contributed by atoms with Crippen LogP contribution in [0.3, 0.4) is 0 Å². The van der Waals surface area contributed by atoms with Crippen molar-refractivity contribution in [3.05, 3.63) is 35.8 Å². The fourth-order valence-corrected chi connectivity index (χ4v) is 2.54. The lowest BCUT2D eigenvalue weighted by atomic mass is 9.98. The van der Waals surface area contributed by atoms with E-state index < -0.39 is 0 Å². The van der Waals surface area contributed by atoms with E-state index in [1.165, 1.54) is 5.56 Å². The summed E-state index contributed by atoms with van der Waals surface area (Å²) in [6.07, 6.45) is 5.34. The minimum atomic E-state index is 0.193. The molecule has 3 nitrogen and oxygen atoms in total. The maximum atomic E-state index is 5.85. The van der Waals surface area contributed by atoms with Gasteiger partial charge in [-0.25, -0.2) is 0 Å². The van der Waals surface area contributed by atoms with Crippen molar-refractivity contribution in [3.8, 4) is 0 Å². The van der Waals surface area contributed by atoms with Crippen molar-refractivity contribution < 1.29 is 8.83 Å². The first-order chi connectivity index (χ1) is 8.68. The molecule has 3 rings (SSSR count). The number of aryl methyl sites for hydroxylation is 2. The van der Waals surface area contributed by atoms with Crippen LogP contribution < -0.4 is 5.73 Å². The maximum Gasteiger partial charge on any atom is 0.138 e. The molecule has 0 radical (unpaired) electrons. The molecule has 0 spiro atoms. The minimum Gasteiger partial charge on any atom is -0.464 e. The Morgan fingerprint density at radius 1 is 1.11 bits per heavy atom. The van der Waals surface area contributed by atoms with Crippen LogP contribution >= 0.6 is 0 Å². The number of fused-ring (bicyclic) bond motifs is 2. The van der Waals surface area contributed by atoms with Gasteiger partial charge in [0, 0.05) is 27.9 Å². The molecule has 1 atom stereocenters. The highest BCUT2D eigenvalue weighted by atomic mass is 16.3.